The summed E-state index contributed by atoms with van der Waals surface area (Å²) in [5.41, 5.74) is 2.43. The summed E-state index contributed by atoms with van der Waals surface area (Å²) in [6.45, 7) is 8.49. The van der Waals surface area contributed by atoms with Gasteiger partial charge in [0.1, 0.15) is 30.5 Å². The van der Waals surface area contributed by atoms with Gasteiger partial charge in [0.05, 0.1) is 20.3 Å². The highest BCUT2D eigenvalue weighted by Crippen LogP contribution is 2.27. The highest BCUT2D eigenvalue weighted by Gasteiger charge is 2.07. The first-order valence-electron chi connectivity index (χ1n) is 8.68. The van der Waals surface area contributed by atoms with E-state index in [9.17, 15) is 0 Å². The molecule has 0 saturated carbocycles. The van der Waals surface area contributed by atoms with Gasteiger partial charge in [-0.3, -0.25) is 0 Å². The van der Waals surface area contributed by atoms with Crippen LogP contribution in [0.1, 0.15) is 30.9 Å². The Labute approximate surface area is 150 Å². The largest absolute Gasteiger partial charge is 0.497 e. The highest BCUT2D eigenvalue weighted by molar-refractivity contribution is 5.39. The fourth-order valence-electron chi connectivity index (χ4n) is 2.47. The van der Waals surface area contributed by atoms with Gasteiger partial charge in [0.25, 0.3) is 0 Å². The summed E-state index contributed by atoms with van der Waals surface area (Å²) in [5, 5.41) is 0. The van der Waals surface area contributed by atoms with Crippen molar-refractivity contribution in [3.8, 4) is 17.2 Å². The Morgan fingerprint density at radius 3 is 2.28 bits per heavy atom. The molecule has 0 aromatic heterocycles. The summed E-state index contributed by atoms with van der Waals surface area (Å²) in [4.78, 5) is 0. The molecule has 4 nitrogen and oxygen atoms in total. The zero-order chi connectivity index (χ0) is 18.1. The third kappa shape index (κ3) is 6.31. The van der Waals surface area contributed by atoms with Crippen LogP contribution in [0.3, 0.4) is 0 Å². The van der Waals surface area contributed by atoms with Gasteiger partial charge in [-0.2, -0.15) is 0 Å². The molecule has 0 atom stereocenters. The van der Waals surface area contributed by atoms with Crippen molar-refractivity contribution in [1.82, 2.24) is 0 Å². The van der Waals surface area contributed by atoms with E-state index in [1.807, 2.05) is 24.3 Å². The summed E-state index contributed by atoms with van der Waals surface area (Å²) >= 11 is 0. The maximum absolute atomic E-state index is 5.89. The molecule has 0 bridgehead atoms. The van der Waals surface area contributed by atoms with Gasteiger partial charge in [-0.25, -0.2) is 0 Å². The molecule has 0 radical (unpaired) electrons. The highest BCUT2D eigenvalue weighted by atomic mass is 16.5. The first kappa shape index (κ1) is 19.1. The molecule has 0 aliphatic heterocycles. The van der Waals surface area contributed by atoms with Gasteiger partial charge in [0, 0.05) is 6.07 Å². The third-order valence-corrected chi connectivity index (χ3v) is 3.81. The SMILES string of the molecule is COc1cccc(OCCOCCOc2cc(C)ccc2C(C)C)c1. The average Bonchev–Trinajstić information content (AvgIpc) is 2.61. The number of benzene rings is 2. The van der Waals surface area contributed by atoms with Crippen LogP contribution >= 0.6 is 0 Å². The minimum atomic E-state index is 0.438. The summed E-state index contributed by atoms with van der Waals surface area (Å²) in [7, 11) is 1.64. The van der Waals surface area contributed by atoms with E-state index in [1.54, 1.807) is 7.11 Å². The lowest BCUT2D eigenvalue weighted by Gasteiger charge is -2.15. The van der Waals surface area contributed by atoms with Crippen LogP contribution in [-0.2, 0) is 4.74 Å². The third-order valence-electron chi connectivity index (χ3n) is 3.81. The van der Waals surface area contributed by atoms with Crippen LogP contribution in [0.15, 0.2) is 42.5 Å². The molecule has 0 fully saturated rings. The predicted molar refractivity (Wildman–Crippen MR) is 100 cm³/mol. The van der Waals surface area contributed by atoms with E-state index in [0.717, 1.165) is 17.2 Å². The van der Waals surface area contributed by atoms with Gasteiger partial charge in [-0.05, 0) is 42.2 Å². The summed E-state index contributed by atoms with van der Waals surface area (Å²) in [6, 6.07) is 13.9. The first-order valence-corrected chi connectivity index (χ1v) is 8.68. The maximum Gasteiger partial charge on any atom is 0.123 e. The van der Waals surface area contributed by atoms with Crippen LogP contribution in [0.25, 0.3) is 0 Å². The second kappa shape index (κ2) is 9.94. The van der Waals surface area contributed by atoms with Crippen molar-refractivity contribution >= 4 is 0 Å². The van der Waals surface area contributed by atoms with Crippen LogP contribution in [0.5, 0.6) is 17.2 Å². The average molecular weight is 344 g/mol. The Morgan fingerprint density at radius 2 is 1.56 bits per heavy atom. The molecule has 0 N–H and O–H groups in total. The van der Waals surface area contributed by atoms with Gasteiger partial charge in [-0.15, -0.1) is 0 Å². The first-order chi connectivity index (χ1) is 12.1. The van der Waals surface area contributed by atoms with Gasteiger partial charge >= 0.3 is 0 Å². The molecule has 0 saturated heterocycles. The van der Waals surface area contributed by atoms with Gasteiger partial charge in [0.15, 0.2) is 0 Å². The summed E-state index contributed by atoms with van der Waals surface area (Å²) < 4.78 is 22.3. The van der Waals surface area contributed by atoms with Crippen molar-refractivity contribution in [3.63, 3.8) is 0 Å². The fourth-order valence-corrected chi connectivity index (χ4v) is 2.47. The molecular weight excluding hydrogens is 316 g/mol. The second-order valence-electron chi connectivity index (χ2n) is 6.18. The van der Waals surface area contributed by atoms with Crippen molar-refractivity contribution in [3.05, 3.63) is 53.6 Å². The van der Waals surface area contributed by atoms with E-state index in [4.69, 9.17) is 18.9 Å². The fraction of sp³-hybridized carbons (Fsp3) is 0.429. The number of ether oxygens (including phenoxy) is 4. The molecular formula is C21H28O4. The second-order valence-corrected chi connectivity index (χ2v) is 6.18. The molecule has 2 aromatic rings. The van der Waals surface area contributed by atoms with Gasteiger partial charge in [-0.1, -0.05) is 32.0 Å². The summed E-state index contributed by atoms with van der Waals surface area (Å²) in [6.07, 6.45) is 0. The Kier molecular flexibility index (Phi) is 7.61. The Hall–Kier alpha value is -2.20. The minimum absolute atomic E-state index is 0.438. The molecule has 0 spiro atoms. The maximum atomic E-state index is 5.89. The Balaban J connectivity index is 1.66. The number of rotatable bonds is 10. The number of aryl methyl sites for hydroxylation is 1. The number of hydrogen-bond acceptors (Lipinski definition) is 4. The minimum Gasteiger partial charge on any atom is -0.497 e. The van der Waals surface area contributed by atoms with Crippen molar-refractivity contribution in [1.29, 1.82) is 0 Å². The lowest BCUT2D eigenvalue weighted by Crippen LogP contribution is -2.12. The molecule has 4 heteroatoms. The lowest BCUT2D eigenvalue weighted by molar-refractivity contribution is 0.0761. The van der Waals surface area contributed by atoms with Gasteiger partial charge in [0.2, 0.25) is 0 Å². The molecule has 0 heterocycles. The molecule has 2 aromatic carbocycles. The zero-order valence-electron chi connectivity index (χ0n) is 15.6. The molecule has 136 valence electrons. The summed E-state index contributed by atoms with van der Waals surface area (Å²) in [5.74, 6) is 2.95. The zero-order valence-corrected chi connectivity index (χ0v) is 15.6. The van der Waals surface area contributed by atoms with E-state index in [1.165, 1.54) is 11.1 Å². The standard InChI is InChI=1S/C21H28O4/c1-16(2)20-9-8-17(3)14-21(20)25-13-11-23-10-12-24-19-7-5-6-18(15-19)22-4/h5-9,14-16H,10-13H2,1-4H3. The van der Waals surface area contributed by atoms with E-state index in [-0.39, 0.29) is 0 Å². The molecule has 0 aliphatic carbocycles. The van der Waals surface area contributed by atoms with Gasteiger partial charge < -0.3 is 18.9 Å². The molecule has 0 unspecified atom stereocenters. The quantitative estimate of drug-likeness (QED) is 0.590. The molecule has 25 heavy (non-hydrogen) atoms. The van der Waals surface area contributed by atoms with Crippen LogP contribution in [0.2, 0.25) is 0 Å². The van der Waals surface area contributed by atoms with Crippen LogP contribution < -0.4 is 14.2 Å². The van der Waals surface area contributed by atoms with Crippen molar-refractivity contribution in [2.45, 2.75) is 26.7 Å². The topological polar surface area (TPSA) is 36.9 Å². The predicted octanol–water partition coefficient (Wildman–Crippen LogP) is 4.60. The number of methoxy groups -OCH3 is 1. The molecule has 2 rings (SSSR count). The van der Waals surface area contributed by atoms with E-state index >= 15 is 0 Å². The Bertz CT molecular complexity index is 652. The smallest absolute Gasteiger partial charge is 0.123 e. The monoisotopic (exact) mass is 344 g/mol. The normalized spacial score (nSPS) is 10.8. The molecule has 0 aliphatic rings. The van der Waals surface area contributed by atoms with E-state index in [2.05, 4.69) is 39.0 Å². The Morgan fingerprint density at radius 1 is 0.840 bits per heavy atom. The van der Waals surface area contributed by atoms with E-state index < -0.39 is 0 Å². The molecule has 0 amide bonds. The van der Waals surface area contributed by atoms with Crippen molar-refractivity contribution in [2.75, 3.05) is 33.5 Å². The van der Waals surface area contributed by atoms with Crippen LogP contribution in [-0.4, -0.2) is 33.5 Å². The van der Waals surface area contributed by atoms with Crippen LogP contribution in [0, 0.1) is 6.92 Å². The van der Waals surface area contributed by atoms with Crippen molar-refractivity contribution < 1.29 is 18.9 Å². The van der Waals surface area contributed by atoms with E-state index in [0.29, 0.717) is 32.3 Å². The number of hydrogen-bond donors (Lipinski definition) is 0. The van der Waals surface area contributed by atoms with Crippen molar-refractivity contribution in [2.24, 2.45) is 0 Å². The lowest BCUT2D eigenvalue weighted by atomic mass is 10.0. The van der Waals surface area contributed by atoms with Crippen LogP contribution in [0.4, 0.5) is 0 Å².